The van der Waals surface area contributed by atoms with Crippen LogP contribution in [0.3, 0.4) is 0 Å². The third-order valence-electron chi connectivity index (χ3n) is 3.42. The van der Waals surface area contributed by atoms with Gasteiger partial charge in [-0.1, -0.05) is 22.0 Å². The fourth-order valence-electron chi connectivity index (χ4n) is 2.37. The summed E-state index contributed by atoms with van der Waals surface area (Å²) in [6.07, 6.45) is 4.95. The van der Waals surface area contributed by atoms with Crippen LogP contribution < -0.4 is 10.5 Å². The zero-order valence-corrected chi connectivity index (χ0v) is 13.0. The first-order valence-electron chi connectivity index (χ1n) is 6.96. The minimum atomic E-state index is -0.0127. The lowest BCUT2D eigenvalue weighted by Gasteiger charge is -2.15. The molecule has 1 aromatic carbocycles. The molecule has 0 bridgehead atoms. The highest BCUT2D eigenvalue weighted by atomic mass is 79.9. The van der Waals surface area contributed by atoms with Crippen molar-refractivity contribution in [2.24, 2.45) is 5.73 Å². The number of benzene rings is 1. The summed E-state index contributed by atoms with van der Waals surface area (Å²) in [5, 5.41) is 0. The van der Waals surface area contributed by atoms with Crippen LogP contribution in [0.15, 0.2) is 22.7 Å². The molecule has 0 aromatic heterocycles. The zero-order valence-electron chi connectivity index (χ0n) is 11.4. The van der Waals surface area contributed by atoms with E-state index in [9.17, 15) is 0 Å². The highest BCUT2D eigenvalue weighted by molar-refractivity contribution is 9.10. The SMILES string of the molecule is CC(N)c1ccc(Br)cc1OCCCC1CCCO1. The Labute approximate surface area is 123 Å². The average Bonchev–Trinajstić information content (AvgIpc) is 2.87. The van der Waals surface area contributed by atoms with Crippen molar-refractivity contribution < 1.29 is 9.47 Å². The van der Waals surface area contributed by atoms with Crippen LogP contribution in [0.5, 0.6) is 5.75 Å². The summed E-state index contributed by atoms with van der Waals surface area (Å²) in [5.41, 5.74) is 7.01. The summed E-state index contributed by atoms with van der Waals surface area (Å²) in [5.74, 6) is 0.886. The van der Waals surface area contributed by atoms with Gasteiger partial charge < -0.3 is 15.2 Å². The van der Waals surface area contributed by atoms with Gasteiger partial charge in [-0.15, -0.1) is 0 Å². The molecular weight excluding hydrogens is 306 g/mol. The Morgan fingerprint density at radius 2 is 2.37 bits per heavy atom. The fourth-order valence-corrected chi connectivity index (χ4v) is 2.71. The Morgan fingerprint density at radius 3 is 3.05 bits per heavy atom. The van der Waals surface area contributed by atoms with Crippen molar-refractivity contribution in [1.82, 2.24) is 0 Å². The summed E-state index contributed by atoms with van der Waals surface area (Å²) in [4.78, 5) is 0. The van der Waals surface area contributed by atoms with Gasteiger partial charge in [-0.2, -0.15) is 0 Å². The second-order valence-electron chi connectivity index (χ2n) is 5.10. The minimum absolute atomic E-state index is 0.0127. The van der Waals surface area contributed by atoms with Crippen LogP contribution >= 0.6 is 15.9 Å². The molecule has 0 spiro atoms. The van der Waals surface area contributed by atoms with E-state index in [1.807, 2.05) is 25.1 Å². The molecule has 2 atom stereocenters. The van der Waals surface area contributed by atoms with Gasteiger partial charge in [-0.3, -0.25) is 0 Å². The number of rotatable bonds is 6. The van der Waals surface area contributed by atoms with E-state index < -0.39 is 0 Å². The third kappa shape index (κ3) is 4.48. The van der Waals surface area contributed by atoms with Crippen molar-refractivity contribution in [3.05, 3.63) is 28.2 Å². The molecule has 1 aromatic rings. The van der Waals surface area contributed by atoms with Crippen LogP contribution in [-0.4, -0.2) is 19.3 Å². The molecule has 0 radical (unpaired) electrons. The maximum absolute atomic E-state index is 5.95. The van der Waals surface area contributed by atoms with Crippen LogP contribution in [0.25, 0.3) is 0 Å². The van der Waals surface area contributed by atoms with Crippen molar-refractivity contribution in [3.63, 3.8) is 0 Å². The Morgan fingerprint density at radius 1 is 1.53 bits per heavy atom. The highest BCUT2D eigenvalue weighted by Gasteiger charge is 2.15. The molecule has 2 rings (SSSR count). The maximum atomic E-state index is 5.95. The Bertz CT molecular complexity index is 403. The van der Waals surface area contributed by atoms with Gasteiger partial charge in [0.25, 0.3) is 0 Å². The first kappa shape index (κ1) is 14.8. The van der Waals surface area contributed by atoms with Crippen LogP contribution in [0.2, 0.25) is 0 Å². The maximum Gasteiger partial charge on any atom is 0.125 e. The molecule has 1 aliphatic heterocycles. The molecule has 1 saturated heterocycles. The highest BCUT2D eigenvalue weighted by Crippen LogP contribution is 2.28. The van der Waals surface area contributed by atoms with E-state index in [4.69, 9.17) is 15.2 Å². The second-order valence-corrected chi connectivity index (χ2v) is 6.01. The van der Waals surface area contributed by atoms with E-state index in [0.29, 0.717) is 6.10 Å². The van der Waals surface area contributed by atoms with Gasteiger partial charge in [0.2, 0.25) is 0 Å². The molecule has 19 heavy (non-hydrogen) atoms. The van der Waals surface area contributed by atoms with Crippen LogP contribution in [0.1, 0.15) is 44.2 Å². The molecule has 1 fully saturated rings. The Hall–Kier alpha value is -0.580. The fraction of sp³-hybridized carbons (Fsp3) is 0.600. The summed E-state index contributed by atoms with van der Waals surface area (Å²) in [7, 11) is 0. The predicted octanol–water partition coefficient (Wildman–Crippen LogP) is 3.81. The smallest absolute Gasteiger partial charge is 0.125 e. The van der Waals surface area contributed by atoms with Gasteiger partial charge in [0.15, 0.2) is 0 Å². The molecule has 0 saturated carbocycles. The van der Waals surface area contributed by atoms with Gasteiger partial charge in [0.1, 0.15) is 5.75 Å². The summed E-state index contributed by atoms with van der Waals surface area (Å²) in [6.45, 7) is 3.62. The second kappa shape index (κ2) is 7.27. The van der Waals surface area contributed by atoms with Gasteiger partial charge >= 0.3 is 0 Å². The molecule has 2 N–H and O–H groups in total. The van der Waals surface area contributed by atoms with E-state index in [-0.39, 0.29) is 6.04 Å². The van der Waals surface area contributed by atoms with E-state index >= 15 is 0 Å². The number of hydrogen-bond donors (Lipinski definition) is 1. The largest absolute Gasteiger partial charge is 0.493 e. The van der Waals surface area contributed by atoms with Crippen molar-refractivity contribution in [1.29, 1.82) is 0 Å². The van der Waals surface area contributed by atoms with Gasteiger partial charge in [0.05, 0.1) is 12.7 Å². The normalized spacial score (nSPS) is 20.5. The molecular formula is C15H22BrNO2. The molecule has 2 unspecified atom stereocenters. The molecule has 1 heterocycles. The lowest BCUT2D eigenvalue weighted by molar-refractivity contribution is 0.0980. The summed E-state index contributed by atoms with van der Waals surface area (Å²) >= 11 is 3.47. The van der Waals surface area contributed by atoms with Crippen molar-refractivity contribution in [2.75, 3.05) is 13.2 Å². The molecule has 3 nitrogen and oxygen atoms in total. The Balaban J connectivity index is 1.82. The predicted molar refractivity (Wildman–Crippen MR) is 80.4 cm³/mol. The van der Waals surface area contributed by atoms with E-state index in [2.05, 4.69) is 15.9 Å². The number of nitrogens with two attached hydrogens (primary N) is 1. The Kier molecular flexibility index (Phi) is 5.67. The van der Waals surface area contributed by atoms with Crippen molar-refractivity contribution in [2.45, 2.75) is 44.8 Å². The van der Waals surface area contributed by atoms with Crippen LogP contribution in [0, 0.1) is 0 Å². The van der Waals surface area contributed by atoms with E-state index in [0.717, 1.165) is 41.8 Å². The van der Waals surface area contributed by atoms with Gasteiger partial charge in [-0.25, -0.2) is 0 Å². The van der Waals surface area contributed by atoms with Gasteiger partial charge in [-0.05, 0) is 44.7 Å². The third-order valence-corrected chi connectivity index (χ3v) is 3.91. The zero-order chi connectivity index (χ0) is 13.7. The van der Waals surface area contributed by atoms with E-state index in [1.165, 1.54) is 12.8 Å². The first-order valence-corrected chi connectivity index (χ1v) is 7.75. The quantitative estimate of drug-likeness (QED) is 0.808. The summed E-state index contributed by atoms with van der Waals surface area (Å²) < 4.78 is 12.5. The molecule has 0 aliphatic carbocycles. The number of halogens is 1. The van der Waals surface area contributed by atoms with Crippen LogP contribution in [-0.2, 0) is 4.74 Å². The molecule has 4 heteroatoms. The summed E-state index contributed by atoms with van der Waals surface area (Å²) in [6, 6.07) is 5.99. The first-order chi connectivity index (χ1) is 9.16. The van der Waals surface area contributed by atoms with Crippen molar-refractivity contribution >= 4 is 15.9 Å². The van der Waals surface area contributed by atoms with Crippen LogP contribution in [0.4, 0.5) is 0 Å². The average molecular weight is 328 g/mol. The molecule has 106 valence electrons. The topological polar surface area (TPSA) is 44.5 Å². The lowest BCUT2D eigenvalue weighted by atomic mass is 10.1. The molecule has 0 amide bonds. The lowest BCUT2D eigenvalue weighted by Crippen LogP contribution is -2.10. The number of ether oxygens (including phenoxy) is 2. The van der Waals surface area contributed by atoms with E-state index in [1.54, 1.807) is 0 Å². The van der Waals surface area contributed by atoms with Crippen molar-refractivity contribution in [3.8, 4) is 5.75 Å². The standard InChI is InChI=1S/C15H22BrNO2/c1-11(17)14-7-6-12(16)10-15(14)19-9-3-5-13-4-2-8-18-13/h6-7,10-11,13H,2-5,8-9,17H2,1H3. The minimum Gasteiger partial charge on any atom is -0.493 e. The van der Waals surface area contributed by atoms with Gasteiger partial charge in [0, 0.05) is 22.7 Å². The number of hydrogen-bond acceptors (Lipinski definition) is 3. The molecule has 1 aliphatic rings. The monoisotopic (exact) mass is 327 g/mol.